The number of hydrogen-bond donors (Lipinski definition) is 3. The van der Waals surface area contributed by atoms with Gasteiger partial charge in [-0.15, -0.1) is 0 Å². The van der Waals surface area contributed by atoms with Gasteiger partial charge < -0.3 is 10.6 Å². The molecule has 0 saturated carbocycles. The van der Waals surface area contributed by atoms with Crippen molar-refractivity contribution >= 4 is 18.3 Å². The summed E-state index contributed by atoms with van der Waals surface area (Å²) in [5.41, 5.74) is 4.24. The van der Waals surface area contributed by atoms with Crippen LogP contribution in [0.15, 0.2) is 18.2 Å². The van der Waals surface area contributed by atoms with Gasteiger partial charge in [0, 0.05) is 23.0 Å². The van der Waals surface area contributed by atoms with E-state index in [1.54, 1.807) is 0 Å². The first kappa shape index (κ1) is 14.7. The van der Waals surface area contributed by atoms with Crippen molar-refractivity contribution in [3.63, 3.8) is 0 Å². The monoisotopic (exact) mass is 278 g/mol. The van der Waals surface area contributed by atoms with Crippen molar-refractivity contribution in [2.45, 2.75) is 57.4 Å². The third kappa shape index (κ3) is 3.26. The van der Waals surface area contributed by atoms with Crippen LogP contribution in [0.3, 0.4) is 0 Å². The molecule has 0 radical (unpaired) electrons. The molecule has 1 aromatic rings. The predicted octanol–water partition coefficient (Wildman–Crippen LogP) is 3.27. The molecule has 2 rings (SSSR count). The zero-order valence-electron chi connectivity index (χ0n) is 12.2. The molecule has 1 heterocycles. The Bertz CT molecular complexity index is 419. The molecule has 0 aliphatic carbocycles. The Morgan fingerprint density at radius 1 is 1.32 bits per heavy atom. The second-order valence-corrected chi connectivity index (χ2v) is 6.02. The normalized spacial score (nSPS) is 27.3. The summed E-state index contributed by atoms with van der Waals surface area (Å²) in [5, 5.41) is 7.59. The van der Waals surface area contributed by atoms with Crippen LogP contribution in [-0.4, -0.2) is 23.9 Å². The third-order valence-electron chi connectivity index (χ3n) is 4.19. The lowest BCUT2D eigenvalue weighted by atomic mass is 9.96. The first-order valence-electron chi connectivity index (χ1n) is 7.46. The first-order chi connectivity index (χ1) is 9.17. The number of nitrogens with one attached hydrogen (secondary N) is 2. The van der Waals surface area contributed by atoms with Gasteiger partial charge in [0.1, 0.15) is 0 Å². The highest BCUT2D eigenvalue weighted by Crippen LogP contribution is 2.25. The Hall–Kier alpha value is -0.670. The van der Waals surface area contributed by atoms with Gasteiger partial charge in [-0.3, -0.25) is 0 Å². The van der Waals surface area contributed by atoms with Gasteiger partial charge in [-0.05, 0) is 49.9 Å². The van der Waals surface area contributed by atoms with Crippen LogP contribution in [0, 0.1) is 0 Å². The molecule has 0 aromatic heterocycles. The van der Waals surface area contributed by atoms with E-state index >= 15 is 0 Å². The molecule has 1 aliphatic rings. The molecule has 2 N–H and O–H groups in total. The molecule has 3 heteroatoms. The number of aryl methyl sites for hydroxylation is 1. The maximum Gasteiger partial charge on any atom is 0.0404 e. The number of piperidine rings is 1. The highest BCUT2D eigenvalue weighted by Gasteiger charge is 2.27. The Morgan fingerprint density at radius 2 is 2.11 bits per heavy atom. The Labute approximate surface area is 122 Å². The Morgan fingerprint density at radius 3 is 2.79 bits per heavy atom. The summed E-state index contributed by atoms with van der Waals surface area (Å²) in [4.78, 5) is 0. The van der Waals surface area contributed by atoms with E-state index in [1.807, 2.05) is 0 Å². The lowest BCUT2D eigenvalue weighted by Gasteiger charge is -2.36. The van der Waals surface area contributed by atoms with Gasteiger partial charge in [0.25, 0.3) is 0 Å². The van der Waals surface area contributed by atoms with Crippen molar-refractivity contribution in [3.8, 4) is 0 Å². The van der Waals surface area contributed by atoms with Gasteiger partial charge in [0.2, 0.25) is 0 Å². The van der Waals surface area contributed by atoms with Gasteiger partial charge in [-0.25, -0.2) is 0 Å². The average molecular weight is 278 g/mol. The fraction of sp³-hybridized carbons (Fsp3) is 0.625. The van der Waals surface area contributed by atoms with E-state index in [0.717, 1.165) is 25.8 Å². The van der Waals surface area contributed by atoms with Crippen LogP contribution in [0.5, 0.6) is 0 Å². The topological polar surface area (TPSA) is 24.1 Å². The number of thiol groups is 1. The van der Waals surface area contributed by atoms with Crippen molar-refractivity contribution in [1.82, 2.24) is 5.32 Å². The molecule has 0 spiro atoms. The summed E-state index contributed by atoms with van der Waals surface area (Å²) in [6.45, 7) is 7.76. The number of anilines is 1. The van der Waals surface area contributed by atoms with Gasteiger partial charge >= 0.3 is 0 Å². The van der Waals surface area contributed by atoms with E-state index in [2.05, 4.69) is 49.6 Å². The minimum atomic E-state index is 0.365. The minimum Gasteiger partial charge on any atom is -0.381 e. The van der Waals surface area contributed by atoms with Crippen molar-refractivity contribution in [2.75, 3.05) is 11.9 Å². The summed E-state index contributed by atoms with van der Waals surface area (Å²) in [7, 11) is 0. The Kier molecular flexibility index (Phi) is 5.17. The third-order valence-corrected chi connectivity index (χ3v) is 5.00. The van der Waals surface area contributed by atoms with Crippen molar-refractivity contribution in [2.24, 2.45) is 0 Å². The molecule has 1 aliphatic heterocycles. The second kappa shape index (κ2) is 6.67. The van der Waals surface area contributed by atoms with Gasteiger partial charge in [0.15, 0.2) is 0 Å². The molecule has 1 aromatic carbocycles. The van der Waals surface area contributed by atoms with Crippen LogP contribution in [0.4, 0.5) is 5.69 Å². The first-order valence-corrected chi connectivity index (χ1v) is 7.97. The lowest BCUT2D eigenvalue weighted by Crippen LogP contribution is -2.51. The zero-order valence-corrected chi connectivity index (χ0v) is 13.1. The SMILES string of the molecule is CCc1cccc(NC2CCNC(C)C2S)c1CC. The summed E-state index contributed by atoms with van der Waals surface area (Å²) in [5.74, 6) is 0. The highest BCUT2D eigenvalue weighted by atomic mass is 32.1. The molecule has 0 amide bonds. The fourth-order valence-electron chi connectivity index (χ4n) is 2.98. The van der Waals surface area contributed by atoms with E-state index in [-0.39, 0.29) is 0 Å². The Balaban J connectivity index is 2.18. The average Bonchev–Trinajstić information content (AvgIpc) is 2.43. The van der Waals surface area contributed by atoms with Crippen LogP contribution in [0.2, 0.25) is 0 Å². The van der Waals surface area contributed by atoms with Crippen LogP contribution in [0.1, 0.15) is 38.3 Å². The largest absolute Gasteiger partial charge is 0.381 e. The van der Waals surface area contributed by atoms with E-state index in [4.69, 9.17) is 12.6 Å². The molecule has 3 unspecified atom stereocenters. The highest BCUT2D eigenvalue weighted by molar-refractivity contribution is 7.81. The molecule has 3 atom stereocenters. The summed E-state index contributed by atoms with van der Waals surface area (Å²) >= 11 is 4.77. The predicted molar refractivity (Wildman–Crippen MR) is 87.5 cm³/mol. The molecule has 1 fully saturated rings. The van der Waals surface area contributed by atoms with Crippen molar-refractivity contribution < 1.29 is 0 Å². The quantitative estimate of drug-likeness (QED) is 0.736. The maximum atomic E-state index is 4.77. The van der Waals surface area contributed by atoms with Gasteiger partial charge in [0.05, 0.1) is 0 Å². The van der Waals surface area contributed by atoms with Crippen LogP contribution < -0.4 is 10.6 Å². The van der Waals surface area contributed by atoms with Gasteiger partial charge in [-0.1, -0.05) is 26.0 Å². The van der Waals surface area contributed by atoms with E-state index < -0.39 is 0 Å². The van der Waals surface area contributed by atoms with Crippen molar-refractivity contribution in [1.29, 1.82) is 0 Å². The van der Waals surface area contributed by atoms with E-state index in [1.165, 1.54) is 16.8 Å². The molecular weight excluding hydrogens is 252 g/mol. The number of benzene rings is 1. The molecule has 19 heavy (non-hydrogen) atoms. The molecule has 0 bridgehead atoms. The lowest BCUT2D eigenvalue weighted by molar-refractivity contribution is 0.409. The summed E-state index contributed by atoms with van der Waals surface area (Å²) < 4.78 is 0. The fourth-order valence-corrected chi connectivity index (χ4v) is 3.31. The van der Waals surface area contributed by atoms with E-state index in [0.29, 0.717) is 17.3 Å². The van der Waals surface area contributed by atoms with Gasteiger partial charge in [-0.2, -0.15) is 12.6 Å². The van der Waals surface area contributed by atoms with Crippen LogP contribution in [0.25, 0.3) is 0 Å². The number of hydrogen-bond acceptors (Lipinski definition) is 3. The summed E-state index contributed by atoms with van der Waals surface area (Å²) in [6, 6.07) is 7.54. The van der Waals surface area contributed by atoms with Crippen LogP contribution in [-0.2, 0) is 12.8 Å². The number of rotatable bonds is 4. The molecular formula is C16H26N2S. The molecule has 2 nitrogen and oxygen atoms in total. The zero-order chi connectivity index (χ0) is 13.8. The van der Waals surface area contributed by atoms with Crippen LogP contribution >= 0.6 is 12.6 Å². The minimum absolute atomic E-state index is 0.365. The van der Waals surface area contributed by atoms with Crippen molar-refractivity contribution in [3.05, 3.63) is 29.3 Å². The smallest absolute Gasteiger partial charge is 0.0404 e. The standard InChI is InChI=1S/C16H26N2S/c1-4-12-7-6-8-14(13(12)5-2)18-15-9-10-17-11(3)16(15)19/h6-8,11,15-19H,4-5,9-10H2,1-3H3. The molecule has 1 saturated heterocycles. The maximum absolute atomic E-state index is 4.77. The molecule has 106 valence electrons. The second-order valence-electron chi connectivity index (χ2n) is 5.42. The summed E-state index contributed by atoms with van der Waals surface area (Å²) in [6.07, 6.45) is 3.33. The van der Waals surface area contributed by atoms with E-state index in [9.17, 15) is 0 Å².